The molecule has 4 rings (SSSR count). The van der Waals surface area contributed by atoms with Crippen LogP contribution in [0, 0.1) is 6.92 Å². The summed E-state index contributed by atoms with van der Waals surface area (Å²) in [5, 5.41) is 9.97. The number of amides is 1. The number of allylic oxidation sites excluding steroid dienone is 3. The zero-order valence-corrected chi connectivity index (χ0v) is 21.7. The predicted molar refractivity (Wildman–Crippen MR) is 143 cm³/mol. The Morgan fingerprint density at radius 2 is 2.03 bits per heavy atom. The molecule has 1 heterocycles. The molecule has 1 aromatic heterocycles. The highest BCUT2D eigenvalue weighted by molar-refractivity contribution is 7.80. The highest BCUT2D eigenvalue weighted by atomic mass is 32.2. The van der Waals surface area contributed by atoms with Crippen LogP contribution >= 0.6 is 0 Å². The third-order valence-electron chi connectivity index (χ3n) is 6.35. The number of hydrogen-bond acceptors (Lipinski definition) is 4. The van der Waals surface area contributed by atoms with Gasteiger partial charge in [-0.2, -0.15) is 0 Å². The molecular formula is C28H31N3O4S. The summed E-state index contributed by atoms with van der Waals surface area (Å²) in [6, 6.07) is 13.6. The van der Waals surface area contributed by atoms with Crippen LogP contribution in [0.15, 0.2) is 66.4 Å². The fourth-order valence-corrected chi connectivity index (χ4v) is 4.93. The highest BCUT2D eigenvalue weighted by Gasteiger charge is 2.22. The smallest absolute Gasteiger partial charge is 0.255 e. The molecule has 8 heteroatoms. The van der Waals surface area contributed by atoms with Gasteiger partial charge in [0.2, 0.25) is 5.88 Å². The quantitative estimate of drug-likeness (QED) is 0.324. The van der Waals surface area contributed by atoms with Gasteiger partial charge in [-0.15, -0.1) is 5.10 Å². The number of hydrogen-bond donors (Lipinski definition) is 3. The summed E-state index contributed by atoms with van der Waals surface area (Å²) in [5.74, 6) is 1.09. The van der Waals surface area contributed by atoms with Gasteiger partial charge in [0, 0.05) is 34.4 Å². The summed E-state index contributed by atoms with van der Waals surface area (Å²) in [5.41, 5.74) is 5.98. The average molecular weight is 506 g/mol. The predicted octanol–water partition coefficient (Wildman–Crippen LogP) is 6.03. The van der Waals surface area contributed by atoms with Gasteiger partial charge in [0.1, 0.15) is 5.75 Å². The van der Waals surface area contributed by atoms with Crippen molar-refractivity contribution in [3.63, 3.8) is 0 Å². The summed E-state index contributed by atoms with van der Waals surface area (Å²) in [7, 11) is 0. The Hall–Kier alpha value is -3.49. The van der Waals surface area contributed by atoms with E-state index in [1.807, 2.05) is 25.1 Å². The minimum Gasteiger partial charge on any atom is -0.437 e. The van der Waals surface area contributed by atoms with Crippen molar-refractivity contribution in [1.82, 2.24) is 15.5 Å². The summed E-state index contributed by atoms with van der Waals surface area (Å²) >= 11 is -1.99. The van der Waals surface area contributed by atoms with Crippen LogP contribution in [0.2, 0.25) is 0 Å². The van der Waals surface area contributed by atoms with E-state index in [2.05, 4.69) is 48.4 Å². The largest absolute Gasteiger partial charge is 0.437 e. The topological polar surface area (TPSA) is 104 Å². The minimum atomic E-state index is -1.99. The maximum atomic E-state index is 13.0. The lowest BCUT2D eigenvalue weighted by molar-refractivity contribution is 0.0963. The zero-order valence-electron chi connectivity index (χ0n) is 20.9. The summed E-state index contributed by atoms with van der Waals surface area (Å²) in [6.45, 7) is 8.23. The Balaban J connectivity index is 1.59. The molecule has 0 aliphatic heterocycles. The number of H-pyrrole nitrogens is 1. The first-order valence-electron chi connectivity index (χ1n) is 12.0. The van der Waals surface area contributed by atoms with Crippen LogP contribution in [0.4, 0.5) is 0 Å². The molecule has 0 fully saturated rings. The van der Waals surface area contributed by atoms with E-state index < -0.39 is 16.3 Å². The highest BCUT2D eigenvalue weighted by Crippen LogP contribution is 2.36. The van der Waals surface area contributed by atoms with Crippen LogP contribution in [-0.2, 0) is 17.5 Å². The Morgan fingerprint density at radius 3 is 2.75 bits per heavy atom. The van der Waals surface area contributed by atoms with E-state index in [-0.39, 0.29) is 12.3 Å². The van der Waals surface area contributed by atoms with Gasteiger partial charge in [0.25, 0.3) is 5.91 Å². The average Bonchev–Trinajstić information content (AvgIpc) is 3.27. The number of aromatic amines is 1. The number of rotatable bonds is 8. The standard InChI is InChI=1S/C28H31N3O4S/c1-5-21-26(24-13-7-6-12-22(24)17(2)3)30-31-28(21)35-25-15-9-14-23(18(25)4)27(32)29-19-10-8-11-20(16-19)36(33)34/h6-15,17,20H,5,16H2,1-4H3,(H,29,32)(H,30,31)(H,33,34). The van der Waals surface area contributed by atoms with Crippen LogP contribution in [0.25, 0.3) is 11.3 Å². The van der Waals surface area contributed by atoms with E-state index in [0.29, 0.717) is 34.4 Å². The third-order valence-corrected chi connectivity index (χ3v) is 7.19. The summed E-state index contributed by atoms with van der Waals surface area (Å²) in [6.07, 6.45) is 6.10. The normalized spacial score (nSPS) is 16.1. The van der Waals surface area contributed by atoms with Crippen LogP contribution < -0.4 is 10.1 Å². The number of ether oxygens (including phenoxy) is 1. The van der Waals surface area contributed by atoms with E-state index in [1.54, 1.807) is 30.4 Å². The lowest BCUT2D eigenvalue weighted by atomic mass is 9.93. The molecule has 0 saturated heterocycles. The van der Waals surface area contributed by atoms with Crippen LogP contribution in [0.3, 0.4) is 0 Å². The Labute approximate surface area is 214 Å². The molecule has 2 unspecified atom stereocenters. The molecule has 3 N–H and O–H groups in total. The second kappa shape index (κ2) is 11.1. The molecule has 1 aliphatic carbocycles. The van der Waals surface area contributed by atoms with Gasteiger partial charge >= 0.3 is 0 Å². The number of benzene rings is 2. The van der Waals surface area contributed by atoms with Crippen molar-refractivity contribution >= 4 is 17.0 Å². The van der Waals surface area contributed by atoms with Gasteiger partial charge in [-0.25, -0.2) is 4.21 Å². The van der Waals surface area contributed by atoms with Crippen LogP contribution in [0.5, 0.6) is 11.6 Å². The molecule has 0 spiro atoms. The van der Waals surface area contributed by atoms with E-state index in [4.69, 9.17) is 4.74 Å². The van der Waals surface area contributed by atoms with Crippen molar-refractivity contribution in [2.45, 2.75) is 51.7 Å². The number of carbonyl (C=O) groups excluding carboxylic acids is 1. The van der Waals surface area contributed by atoms with Crippen molar-refractivity contribution < 1.29 is 18.3 Å². The van der Waals surface area contributed by atoms with Crippen LogP contribution in [-0.4, -0.2) is 30.1 Å². The number of carbonyl (C=O) groups is 1. The molecule has 2 atom stereocenters. The Kier molecular flexibility index (Phi) is 7.86. The lowest BCUT2D eigenvalue weighted by Gasteiger charge is -2.17. The van der Waals surface area contributed by atoms with E-state index in [0.717, 1.165) is 23.2 Å². The molecule has 1 amide bonds. The summed E-state index contributed by atoms with van der Waals surface area (Å²) < 4.78 is 27.0. The van der Waals surface area contributed by atoms with Crippen molar-refractivity contribution in [3.05, 3.63) is 88.6 Å². The van der Waals surface area contributed by atoms with E-state index in [9.17, 15) is 13.6 Å². The molecule has 7 nitrogen and oxygen atoms in total. The molecule has 188 valence electrons. The fraction of sp³-hybridized carbons (Fsp3) is 0.286. The first-order chi connectivity index (χ1) is 17.3. The molecule has 0 saturated carbocycles. The van der Waals surface area contributed by atoms with E-state index >= 15 is 0 Å². The van der Waals surface area contributed by atoms with Crippen molar-refractivity contribution in [1.29, 1.82) is 0 Å². The SMILES string of the molecule is CCc1c(Oc2cccc(C(=O)NC3=CC=CC(S(=O)O)C3)c2C)n[nH]c1-c1ccccc1C(C)C. The maximum absolute atomic E-state index is 13.0. The molecule has 3 aromatic rings. The van der Waals surface area contributed by atoms with Crippen molar-refractivity contribution in [3.8, 4) is 22.9 Å². The van der Waals surface area contributed by atoms with Gasteiger partial charge < -0.3 is 14.6 Å². The van der Waals surface area contributed by atoms with Crippen molar-refractivity contribution in [2.24, 2.45) is 0 Å². The maximum Gasteiger partial charge on any atom is 0.255 e. The lowest BCUT2D eigenvalue weighted by Crippen LogP contribution is -2.28. The second-order valence-electron chi connectivity index (χ2n) is 9.06. The number of nitrogens with zero attached hydrogens (tertiary/aromatic N) is 1. The van der Waals surface area contributed by atoms with Gasteiger partial charge in [-0.1, -0.05) is 63.3 Å². The Morgan fingerprint density at radius 1 is 1.25 bits per heavy atom. The monoisotopic (exact) mass is 505 g/mol. The fourth-order valence-electron chi connectivity index (χ4n) is 4.38. The van der Waals surface area contributed by atoms with Crippen LogP contribution in [0.1, 0.15) is 60.2 Å². The molecule has 36 heavy (non-hydrogen) atoms. The molecule has 1 aliphatic rings. The first-order valence-corrected chi connectivity index (χ1v) is 13.2. The van der Waals surface area contributed by atoms with Gasteiger partial charge in [0.15, 0.2) is 11.1 Å². The molecule has 0 radical (unpaired) electrons. The molecular weight excluding hydrogens is 474 g/mol. The molecule has 2 aromatic carbocycles. The number of nitrogens with one attached hydrogen (secondary N) is 2. The zero-order chi connectivity index (χ0) is 25.8. The van der Waals surface area contributed by atoms with Crippen molar-refractivity contribution in [2.75, 3.05) is 0 Å². The summed E-state index contributed by atoms with van der Waals surface area (Å²) in [4.78, 5) is 13.0. The first kappa shape index (κ1) is 25.6. The third kappa shape index (κ3) is 5.34. The molecule has 0 bridgehead atoms. The number of aromatic nitrogens is 2. The second-order valence-corrected chi connectivity index (χ2v) is 10.2. The minimum absolute atomic E-state index is 0.286. The van der Waals surface area contributed by atoms with Gasteiger partial charge in [0.05, 0.1) is 10.9 Å². The van der Waals surface area contributed by atoms with Gasteiger partial charge in [-0.05, 0) is 43.0 Å². The van der Waals surface area contributed by atoms with E-state index in [1.165, 1.54) is 5.56 Å². The van der Waals surface area contributed by atoms with Gasteiger partial charge in [-0.3, -0.25) is 9.89 Å². The Bertz CT molecular complexity index is 1360.